The minimum absolute atomic E-state index is 0.0221. The highest BCUT2D eigenvalue weighted by atomic mass is 32.1. The predicted molar refractivity (Wildman–Crippen MR) is 364 cm³/mol. The lowest BCUT2D eigenvalue weighted by atomic mass is 9.34. The number of nitrogens with zero attached hydrogens (tertiary/aromatic N) is 1. The molecule has 0 N–H and O–H groups in total. The predicted octanol–water partition coefficient (Wildman–Crippen LogP) is 20.4. The summed E-state index contributed by atoms with van der Waals surface area (Å²) in [5.41, 5.74) is 28.9. The van der Waals surface area contributed by atoms with Crippen LogP contribution in [0.3, 0.4) is 0 Å². The lowest BCUT2D eigenvalue weighted by Crippen LogP contribution is -2.55. The summed E-state index contributed by atoms with van der Waals surface area (Å²) >= 11 is 2.05. The molecule has 0 spiro atoms. The number of thiophene rings is 1. The zero-order valence-corrected chi connectivity index (χ0v) is 53.3. The Morgan fingerprint density at radius 1 is 0.663 bits per heavy atom. The quantitative estimate of drug-likeness (QED) is 0.144. The third kappa shape index (κ3) is 9.87. The monoisotopic (exact) mass is 1110 g/mol. The van der Waals surface area contributed by atoms with Gasteiger partial charge in [-0.3, -0.25) is 0 Å². The smallest absolute Gasteiger partial charge is 0.245 e. The first-order chi connectivity index (χ1) is 39.4. The van der Waals surface area contributed by atoms with Crippen LogP contribution < -0.4 is 21.3 Å². The van der Waals surface area contributed by atoms with Crippen molar-refractivity contribution in [2.24, 2.45) is 11.3 Å². The number of anilines is 3. The average Bonchev–Trinajstić information content (AvgIpc) is 2.44. The highest BCUT2D eigenvalue weighted by Gasteiger charge is 2.46. The SMILES string of the molecule is CC(C)(C)c1ccc2sc3c(c2c1)B1c2ccc4c(c2/C(=C\c2ccc5c(c2)C(C)(C)CCC5(C)C)Cc2cc(N(c5ccccc5)c5ccccc5)cc(c21)C=C3CC1=C(C2=CC=CCC2)CC(C(C)(C)C)C=C1)C(C)(C)CCC4(C)C. The molecule has 7 aromatic rings. The number of allylic oxidation sites excluding steroid dienone is 10. The summed E-state index contributed by atoms with van der Waals surface area (Å²) in [6, 6.07) is 47.8. The van der Waals surface area contributed by atoms with E-state index in [0.717, 1.165) is 49.9 Å². The van der Waals surface area contributed by atoms with Gasteiger partial charge >= 0.3 is 0 Å². The maximum atomic E-state index is 2.70. The molecule has 13 rings (SSSR count). The molecular weight excluding hydrogens is 1020 g/mol. The number of rotatable bonds is 7. The van der Waals surface area contributed by atoms with Crippen molar-refractivity contribution in [3.05, 3.63) is 223 Å². The molecule has 6 aliphatic rings. The summed E-state index contributed by atoms with van der Waals surface area (Å²) in [4.78, 5) is 3.97. The van der Waals surface area contributed by atoms with E-state index in [1.54, 1.807) is 11.1 Å². The van der Waals surface area contributed by atoms with Crippen LogP contribution in [0.2, 0.25) is 0 Å². The molecule has 0 fully saturated rings. The van der Waals surface area contributed by atoms with Crippen LogP contribution in [0.4, 0.5) is 17.1 Å². The van der Waals surface area contributed by atoms with E-state index in [1.807, 2.05) is 0 Å². The Hall–Kier alpha value is -6.42. The van der Waals surface area contributed by atoms with Gasteiger partial charge < -0.3 is 4.90 Å². The summed E-state index contributed by atoms with van der Waals surface area (Å²) in [5.74, 6) is 0.473. The van der Waals surface area contributed by atoms with Crippen molar-refractivity contribution in [2.75, 3.05) is 4.90 Å². The molecule has 1 aromatic heterocycles. The molecule has 1 nitrogen and oxygen atoms in total. The van der Waals surface area contributed by atoms with Crippen molar-refractivity contribution in [1.29, 1.82) is 0 Å². The van der Waals surface area contributed by atoms with Gasteiger partial charge in [-0.25, -0.2) is 0 Å². The van der Waals surface area contributed by atoms with Crippen molar-refractivity contribution in [1.82, 2.24) is 0 Å². The van der Waals surface area contributed by atoms with Crippen molar-refractivity contribution in [3.8, 4) is 0 Å². The molecule has 3 heteroatoms. The molecule has 0 saturated carbocycles. The van der Waals surface area contributed by atoms with E-state index >= 15 is 0 Å². The largest absolute Gasteiger partial charge is 0.310 e. The lowest BCUT2D eigenvalue weighted by molar-refractivity contribution is 0.289. The molecule has 422 valence electrons. The van der Waals surface area contributed by atoms with Gasteiger partial charge in [-0.2, -0.15) is 0 Å². The van der Waals surface area contributed by atoms with Crippen LogP contribution in [0.25, 0.3) is 33.4 Å². The Kier molecular flexibility index (Phi) is 13.5. The first-order valence-electron chi connectivity index (χ1n) is 31.5. The molecule has 0 bridgehead atoms. The van der Waals surface area contributed by atoms with Crippen LogP contribution in [0.15, 0.2) is 168 Å². The Labute approximate surface area is 503 Å². The zero-order chi connectivity index (χ0) is 58.2. The van der Waals surface area contributed by atoms with E-state index in [4.69, 9.17) is 0 Å². The van der Waals surface area contributed by atoms with Crippen LogP contribution in [0, 0.1) is 11.3 Å². The van der Waals surface area contributed by atoms with E-state index < -0.39 is 0 Å². The van der Waals surface area contributed by atoms with E-state index in [2.05, 4.69) is 277 Å². The van der Waals surface area contributed by atoms with Crippen molar-refractivity contribution in [2.45, 2.75) is 182 Å². The van der Waals surface area contributed by atoms with Crippen molar-refractivity contribution in [3.63, 3.8) is 0 Å². The van der Waals surface area contributed by atoms with E-state index in [0.29, 0.717) is 5.92 Å². The Morgan fingerprint density at radius 2 is 1.33 bits per heavy atom. The second-order valence-electron chi connectivity index (χ2n) is 30.5. The summed E-state index contributed by atoms with van der Waals surface area (Å²) in [7, 11) is 0. The highest BCUT2D eigenvalue weighted by molar-refractivity contribution is 7.23. The van der Waals surface area contributed by atoms with Crippen LogP contribution in [-0.4, -0.2) is 6.71 Å². The number of benzene rings is 6. The topological polar surface area (TPSA) is 3.24 Å². The van der Waals surface area contributed by atoms with Crippen molar-refractivity contribution < 1.29 is 0 Å². The number of para-hydroxylation sites is 2. The minimum atomic E-state index is -0.0454. The third-order valence-corrected chi connectivity index (χ3v) is 22.1. The molecule has 83 heavy (non-hydrogen) atoms. The van der Waals surface area contributed by atoms with E-state index in [1.165, 1.54) is 123 Å². The first-order valence-corrected chi connectivity index (χ1v) is 32.3. The fraction of sp³-hybridized carbons (Fsp3) is 0.375. The fourth-order valence-corrected chi connectivity index (χ4v) is 16.8. The van der Waals surface area contributed by atoms with Crippen molar-refractivity contribution >= 4 is 84.9 Å². The average molecular weight is 1110 g/mol. The maximum absolute atomic E-state index is 2.70. The number of hydrogen-bond acceptors (Lipinski definition) is 2. The fourth-order valence-electron chi connectivity index (χ4n) is 15.6. The van der Waals surface area contributed by atoms with Gasteiger partial charge in [-0.05, 0) is 227 Å². The summed E-state index contributed by atoms with van der Waals surface area (Å²) in [5, 5.41) is 1.42. The molecule has 0 saturated heterocycles. The molecule has 0 amide bonds. The van der Waals surface area contributed by atoms with E-state index in [-0.39, 0.29) is 39.2 Å². The second-order valence-corrected chi connectivity index (χ2v) is 31.6. The molecule has 2 aliphatic heterocycles. The third-order valence-electron chi connectivity index (χ3n) is 20.8. The van der Waals surface area contributed by atoms with Crippen LogP contribution in [0.5, 0.6) is 0 Å². The van der Waals surface area contributed by atoms with Crippen LogP contribution in [-0.2, 0) is 33.5 Å². The summed E-state index contributed by atoms with van der Waals surface area (Å²) in [6.07, 6.45) is 27.3. The highest BCUT2D eigenvalue weighted by Crippen LogP contribution is 2.52. The van der Waals surface area contributed by atoms with Gasteiger partial charge in [0.15, 0.2) is 0 Å². The Morgan fingerprint density at radius 3 is 1.99 bits per heavy atom. The number of hydrogen-bond donors (Lipinski definition) is 0. The maximum Gasteiger partial charge on any atom is 0.245 e. The van der Waals surface area contributed by atoms with Gasteiger partial charge in [0.05, 0.1) is 0 Å². The molecule has 3 heterocycles. The Bertz CT molecular complexity index is 3910. The van der Waals surface area contributed by atoms with Gasteiger partial charge in [0.25, 0.3) is 0 Å². The zero-order valence-electron chi connectivity index (χ0n) is 52.5. The van der Waals surface area contributed by atoms with Gasteiger partial charge in [-0.1, -0.05) is 229 Å². The first kappa shape index (κ1) is 55.8. The molecule has 4 aliphatic carbocycles. The number of fused-ring (bicyclic) bond motifs is 9. The van der Waals surface area contributed by atoms with Gasteiger partial charge in [0.1, 0.15) is 0 Å². The summed E-state index contributed by atoms with van der Waals surface area (Å²) in [6.45, 7) is 34.5. The van der Waals surface area contributed by atoms with Crippen LogP contribution >= 0.6 is 11.3 Å². The van der Waals surface area contributed by atoms with Crippen LogP contribution in [0.1, 0.15) is 203 Å². The molecule has 6 aromatic carbocycles. The normalized spacial score (nSPS) is 20.6. The second kappa shape index (κ2) is 20.1. The Balaban J connectivity index is 1.16. The van der Waals surface area contributed by atoms with Gasteiger partial charge in [-0.15, -0.1) is 11.3 Å². The van der Waals surface area contributed by atoms with Gasteiger partial charge in [0.2, 0.25) is 6.71 Å². The molecule has 1 atom stereocenters. The lowest BCUT2D eigenvalue weighted by Gasteiger charge is -2.44. The standard InChI is InChI=1S/C80H88BNS/c1-75(2,3)58-32-31-53(63(49-58)52-24-18-15-19-25-52)44-57-46-56-48-62(82(60-26-20-16-21-27-60)61-28-22-17-23-29-61)47-55-45-54(42-51-30-34-65-67(43-51)79(11,12)39-38-77(65,7)8)70-68(36-35-66-71(70)80(13,14)41-40-78(66,9)10)81(72(55)56)73-64-50-59(76(4,5)6)33-37-69(64)83-74(57)73/h15-18,20-24,26-37,42-43,46-48,50,58H,19,25,38-41,44-45,49H2,1-14H3/b54-42-. The molecular formula is C80H88BNS. The molecule has 1 unspecified atom stereocenters. The van der Waals surface area contributed by atoms with E-state index in [9.17, 15) is 0 Å². The molecule has 0 radical (unpaired) electrons. The van der Waals surface area contributed by atoms with Gasteiger partial charge in [0, 0.05) is 26.6 Å². The minimum Gasteiger partial charge on any atom is -0.310 e. The summed E-state index contributed by atoms with van der Waals surface area (Å²) < 4.78 is 1.39.